The predicted octanol–water partition coefficient (Wildman–Crippen LogP) is 3.20. The fraction of sp³-hybridized carbons (Fsp3) is 0.105. The standard InChI is InChI=1S/C19H18N6O4/c1-12-3-5-13(6-4-12)19(26)24-23-18-16(25(27)28)17(20-11-21-18)22-14-7-9-15(29-2)10-8-14/h3-11H,1-2H3,(H,24,26)(H2,20,21,22,23). The topological polar surface area (TPSA) is 131 Å². The number of hydrazine groups is 1. The molecular formula is C19H18N6O4. The molecule has 10 heteroatoms. The van der Waals surface area contributed by atoms with Gasteiger partial charge in [-0.25, -0.2) is 9.97 Å². The van der Waals surface area contributed by atoms with E-state index in [-0.39, 0.29) is 11.6 Å². The van der Waals surface area contributed by atoms with Crippen LogP contribution in [-0.2, 0) is 0 Å². The Morgan fingerprint density at radius 2 is 1.69 bits per heavy atom. The van der Waals surface area contributed by atoms with Crippen molar-refractivity contribution < 1.29 is 14.5 Å². The number of methoxy groups -OCH3 is 1. The van der Waals surface area contributed by atoms with Gasteiger partial charge in [0.2, 0.25) is 11.6 Å². The Kier molecular flexibility index (Phi) is 5.83. The van der Waals surface area contributed by atoms with Gasteiger partial charge in [-0.05, 0) is 43.3 Å². The molecule has 2 aromatic carbocycles. The van der Waals surface area contributed by atoms with E-state index >= 15 is 0 Å². The fourth-order valence-corrected chi connectivity index (χ4v) is 2.44. The zero-order valence-corrected chi connectivity index (χ0v) is 15.7. The highest BCUT2D eigenvalue weighted by molar-refractivity contribution is 5.95. The molecule has 0 bridgehead atoms. The van der Waals surface area contributed by atoms with Crippen molar-refractivity contribution in [3.8, 4) is 5.75 Å². The second-order valence-electron chi connectivity index (χ2n) is 5.98. The lowest BCUT2D eigenvalue weighted by Crippen LogP contribution is -2.30. The van der Waals surface area contributed by atoms with E-state index in [0.29, 0.717) is 17.0 Å². The summed E-state index contributed by atoms with van der Waals surface area (Å²) in [5, 5.41) is 14.5. The maximum absolute atomic E-state index is 12.2. The number of hydrogen-bond donors (Lipinski definition) is 3. The van der Waals surface area contributed by atoms with Crippen molar-refractivity contribution in [1.82, 2.24) is 15.4 Å². The minimum atomic E-state index is -0.633. The van der Waals surface area contributed by atoms with Crippen LogP contribution in [0.2, 0.25) is 0 Å². The highest BCUT2D eigenvalue weighted by atomic mass is 16.6. The molecule has 0 unspecified atom stereocenters. The summed E-state index contributed by atoms with van der Waals surface area (Å²) in [6.07, 6.45) is 1.15. The number of hydrogen-bond acceptors (Lipinski definition) is 8. The third kappa shape index (κ3) is 4.75. The Morgan fingerprint density at radius 1 is 1.03 bits per heavy atom. The van der Waals surface area contributed by atoms with Gasteiger partial charge in [0, 0.05) is 11.3 Å². The molecule has 0 saturated heterocycles. The van der Waals surface area contributed by atoms with Crippen LogP contribution < -0.4 is 20.9 Å². The molecule has 3 aromatic rings. The van der Waals surface area contributed by atoms with Crippen LogP contribution in [0.1, 0.15) is 15.9 Å². The first-order chi connectivity index (χ1) is 14.0. The number of anilines is 3. The quantitative estimate of drug-likeness (QED) is 0.411. The number of amides is 1. The lowest BCUT2D eigenvalue weighted by molar-refractivity contribution is -0.383. The van der Waals surface area contributed by atoms with E-state index in [1.54, 1.807) is 55.6 Å². The van der Waals surface area contributed by atoms with E-state index in [0.717, 1.165) is 11.9 Å². The van der Waals surface area contributed by atoms with Gasteiger partial charge in [0.1, 0.15) is 12.1 Å². The predicted molar refractivity (Wildman–Crippen MR) is 107 cm³/mol. The lowest BCUT2D eigenvalue weighted by atomic mass is 10.1. The summed E-state index contributed by atoms with van der Waals surface area (Å²) in [4.78, 5) is 31.0. The van der Waals surface area contributed by atoms with E-state index in [1.165, 1.54) is 0 Å². The van der Waals surface area contributed by atoms with Gasteiger partial charge in [0.05, 0.1) is 12.0 Å². The molecular weight excluding hydrogens is 376 g/mol. The molecule has 29 heavy (non-hydrogen) atoms. The van der Waals surface area contributed by atoms with E-state index in [2.05, 4.69) is 26.1 Å². The van der Waals surface area contributed by atoms with Gasteiger partial charge in [-0.2, -0.15) is 0 Å². The molecule has 0 saturated carbocycles. The van der Waals surface area contributed by atoms with Crippen LogP contribution in [0.3, 0.4) is 0 Å². The van der Waals surface area contributed by atoms with Crippen molar-refractivity contribution >= 4 is 28.9 Å². The fourth-order valence-electron chi connectivity index (χ4n) is 2.44. The number of aryl methyl sites for hydroxylation is 1. The van der Waals surface area contributed by atoms with Crippen molar-refractivity contribution in [2.75, 3.05) is 17.9 Å². The Bertz CT molecular complexity index is 1020. The summed E-state index contributed by atoms with van der Waals surface area (Å²) >= 11 is 0. The van der Waals surface area contributed by atoms with Crippen LogP contribution in [0.4, 0.5) is 23.0 Å². The number of nitrogens with one attached hydrogen (secondary N) is 3. The van der Waals surface area contributed by atoms with Crippen molar-refractivity contribution in [2.45, 2.75) is 6.92 Å². The molecule has 0 fully saturated rings. The second-order valence-corrected chi connectivity index (χ2v) is 5.98. The monoisotopic (exact) mass is 394 g/mol. The highest BCUT2D eigenvalue weighted by Gasteiger charge is 2.23. The van der Waals surface area contributed by atoms with Crippen LogP contribution >= 0.6 is 0 Å². The molecule has 0 aliphatic heterocycles. The van der Waals surface area contributed by atoms with Crippen LogP contribution in [0, 0.1) is 17.0 Å². The highest BCUT2D eigenvalue weighted by Crippen LogP contribution is 2.31. The number of nitro groups is 1. The van der Waals surface area contributed by atoms with E-state index in [9.17, 15) is 14.9 Å². The summed E-state index contributed by atoms with van der Waals surface area (Å²) in [5.41, 5.74) is 6.48. The average Bonchev–Trinajstić information content (AvgIpc) is 2.73. The first-order valence-corrected chi connectivity index (χ1v) is 8.51. The first-order valence-electron chi connectivity index (χ1n) is 8.51. The molecule has 1 heterocycles. The number of rotatable bonds is 7. The number of carbonyl (C=O) groups excluding carboxylic acids is 1. The summed E-state index contributed by atoms with van der Waals surface area (Å²) in [5.74, 6) is 0.0141. The third-order valence-electron chi connectivity index (χ3n) is 3.97. The van der Waals surface area contributed by atoms with Gasteiger partial charge in [0.15, 0.2) is 0 Å². The SMILES string of the molecule is COc1ccc(Nc2ncnc(NNC(=O)c3ccc(C)cc3)c2[N+](=O)[O-])cc1. The minimum Gasteiger partial charge on any atom is -0.497 e. The Hall–Kier alpha value is -4.21. The van der Waals surface area contributed by atoms with Crippen LogP contribution in [-0.4, -0.2) is 27.9 Å². The molecule has 3 N–H and O–H groups in total. The average molecular weight is 394 g/mol. The van der Waals surface area contributed by atoms with Crippen LogP contribution in [0.25, 0.3) is 0 Å². The van der Waals surface area contributed by atoms with Gasteiger partial charge >= 0.3 is 5.69 Å². The zero-order valence-electron chi connectivity index (χ0n) is 15.7. The van der Waals surface area contributed by atoms with Crippen LogP contribution in [0.15, 0.2) is 54.9 Å². The number of carbonyl (C=O) groups is 1. The molecule has 10 nitrogen and oxygen atoms in total. The maximum atomic E-state index is 12.2. The molecule has 0 aliphatic rings. The van der Waals surface area contributed by atoms with Gasteiger partial charge in [0.25, 0.3) is 5.91 Å². The summed E-state index contributed by atoms with van der Waals surface area (Å²) in [7, 11) is 1.54. The summed E-state index contributed by atoms with van der Waals surface area (Å²) < 4.78 is 5.09. The van der Waals surface area contributed by atoms with Gasteiger partial charge in [-0.1, -0.05) is 17.7 Å². The number of ether oxygens (including phenoxy) is 1. The van der Waals surface area contributed by atoms with Crippen molar-refractivity contribution in [1.29, 1.82) is 0 Å². The number of aromatic nitrogens is 2. The molecule has 1 aromatic heterocycles. The Labute approximate surface area is 166 Å². The zero-order chi connectivity index (χ0) is 20.8. The third-order valence-corrected chi connectivity index (χ3v) is 3.97. The van der Waals surface area contributed by atoms with E-state index in [4.69, 9.17) is 4.74 Å². The second kappa shape index (κ2) is 8.65. The molecule has 0 aliphatic carbocycles. The Balaban J connectivity index is 1.79. The van der Waals surface area contributed by atoms with Crippen molar-refractivity contribution in [3.05, 3.63) is 76.1 Å². The number of benzene rings is 2. The summed E-state index contributed by atoms with van der Waals surface area (Å²) in [6.45, 7) is 1.90. The lowest BCUT2D eigenvalue weighted by Gasteiger charge is -2.11. The minimum absolute atomic E-state index is 0.0257. The smallest absolute Gasteiger partial charge is 0.355 e. The van der Waals surface area contributed by atoms with Gasteiger partial charge < -0.3 is 10.1 Å². The summed E-state index contributed by atoms with van der Waals surface area (Å²) in [6, 6.07) is 13.7. The van der Waals surface area contributed by atoms with Gasteiger partial charge in [-0.3, -0.25) is 25.8 Å². The molecule has 0 radical (unpaired) electrons. The van der Waals surface area contributed by atoms with Gasteiger partial charge in [-0.15, -0.1) is 0 Å². The molecule has 3 rings (SSSR count). The van der Waals surface area contributed by atoms with Crippen LogP contribution in [0.5, 0.6) is 5.75 Å². The molecule has 1 amide bonds. The molecule has 0 spiro atoms. The normalized spacial score (nSPS) is 10.1. The molecule has 0 atom stereocenters. The first kappa shape index (κ1) is 19.5. The van der Waals surface area contributed by atoms with Crippen molar-refractivity contribution in [2.24, 2.45) is 0 Å². The maximum Gasteiger partial charge on any atom is 0.355 e. The van der Waals surface area contributed by atoms with E-state index < -0.39 is 16.5 Å². The molecule has 148 valence electrons. The number of nitrogens with zero attached hydrogens (tertiary/aromatic N) is 3. The largest absolute Gasteiger partial charge is 0.497 e. The Morgan fingerprint density at radius 3 is 2.31 bits per heavy atom. The van der Waals surface area contributed by atoms with E-state index in [1.807, 2.05) is 6.92 Å². The van der Waals surface area contributed by atoms with Crippen molar-refractivity contribution in [3.63, 3.8) is 0 Å².